The van der Waals surface area contributed by atoms with Gasteiger partial charge in [-0.3, -0.25) is 38.4 Å². The maximum atomic E-state index is 13.3. The zero-order valence-corrected chi connectivity index (χ0v) is 29.9. The van der Waals surface area contributed by atoms with Crippen molar-refractivity contribution in [2.75, 3.05) is 18.1 Å². The van der Waals surface area contributed by atoms with E-state index < -0.39 is 127 Å². The Bertz CT molecular complexity index is 1260. The number of carboxylic acid groups (broad SMARTS) is 1. The standard InChI is InChI=1S/C28H49N9O11S2/c1-5-12(4)21(37-22(41)13(29)9-49)27(46)33-15(7-19(31)40)23(42)32-14(6-18(30)39)24(43)34-16(8-38)25(44)36-20(11(2)3)26(45)35-17(10-50)28(47)48/h11-17,20-21,38,49-50H,5-10,29H2,1-4H3,(H2,30,39)(H2,31,40)(H,32,42)(H,33,46)(H,34,43)(H,35,45)(H,36,44)(H,37,41)(H,47,48)/t12-,13-,14-,15-,16-,17-,20-,21-/m0/s1. The van der Waals surface area contributed by atoms with Gasteiger partial charge >= 0.3 is 5.97 Å². The summed E-state index contributed by atoms with van der Waals surface area (Å²) in [5.74, 6) is -10.9. The zero-order valence-electron chi connectivity index (χ0n) is 28.1. The summed E-state index contributed by atoms with van der Waals surface area (Å²) in [5.41, 5.74) is 16.2. The van der Waals surface area contributed by atoms with Crippen LogP contribution in [0.1, 0.15) is 47.0 Å². The molecule has 50 heavy (non-hydrogen) atoms. The van der Waals surface area contributed by atoms with Gasteiger partial charge in [0.25, 0.3) is 0 Å². The van der Waals surface area contributed by atoms with Gasteiger partial charge < -0.3 is 59.3 Å². The number of aliphatic carboxylic acids is 1. The van der Waals surface area contributed by atoms with Gasteiger partial charge in [-0.25, -0.2) is 4.79 Å². The number of carboxylic acids is 1. The number of carbonyl (C=O) groups excluding carboxylic acids is 8. The highest BCUT2D eigenvalue weighted by Crippen LogP contribution is 2.10. The molecule has 0 aromatic rings. The number of aliphatic hydroxyl groups is 1. The molecule has 0 aliphatic heterocycles. The summed E-state index contributed by atoms with van der Waals surface area (Å²) in [6.45, 7) is 5.39. The van der Waals surface area contributed by atoms with Crippen molar-refractivity contribution in [2.24, 2.45) is 29.0 Å². The average molecular weight is 752 g/mol. The van der Waals surface area contributed by atoms with Gasteiger partial charge in [0.1, 0.15) is 36.3 Å². The molecule has 0 fully saturated rings. The van der Waals surface area contributed by atoms with E-state index in [1.54, 1.807) is 13.8 Å². The quantitative estimate of drug-likeness (QED) is 0.0435. The molecule has 0 aliphatic carbocycles. The molecule has 22 heteroatoms. The smallest absolute Gasteiger partial charge is 0.327 e. The largest absolute Gasteiger partial charge is 0.480 e. The second-order valence-electron chi connectivity index (χ2n) is 11.7. The molecule has 0 radical (unpaired) electrons. The number of primary amides is 2. The Morgan fingerprint density at radius 3 is 1.38 bits per heavy atom. The van der Waals surface area contributed by atoms with Crippen LogP contribution in [-0.4, -0.2) is 124 Å². The second-order valence-corrected chi connectivity index (χ2v) is 12.4. The first-order valence-electron chi connectivity index (χ1n) is 15.4. The first kappa shape index (κ1) is 45.9. The van der Waals surface area contributed by atoms with Crippen LogP contribution in [0, 0.1) is 11.8 Å². The zero-order chi connectivity index (χ0) is 38.9. The molecule has 0 aliphatic rings. The third-order valence-electron chi connectivity index (χ3n) is 7.26. The first-order chi connectivity index (χ1) is 23.2. The van der Waals surface area contributed by atoms with Crippen molar-refractivity contribution in [3.63, 3.8) is 0 Å². The minimum atomic E-state index is -1.82. The third-order valence-corrected chi connectivity index (χ3v) is 8.02. The molecule has 0 aromatic carbocycles. The van der Waals surface area contributed by atoms with E-state index in [1.165, 1.54) is 13.8 Å². The molecule has 0 spiro atoms. The normalized spacial score (nSPS) is 15.8. The third kappa shape index (κ3) is 15.6. The molecule has 284 valence electrons. The minimum Gasteiger partial charge on any atom is -0.480 e. The molecule has 0 saturated carbocycles. The van der Waals surface area contributed by atoms with Gasteiger partial charge in [0, 0.05) is 11.5 Å². The summed E-state index contributed by atoms with van der Waals surface area (Å²) in [7, 11) is 0. The molecule has 0 bridgehead atoms. The van der Waals surface area contributed by atoms with E-state index in [2.05, 4.69) is 57.2 Å². The molecule has 0 unspecified atom stereocenters. The van der Waals surface area contributed by atoms with E-state index in [-0.39, 0.29) is 11.5 Å². The summed E-state index contributed by atoms with van der Waals surface area (Å²) in [5, 5.41) is 32.6. The fourth-order valence-corrected chi connectivity index (χ4v) is 4.52. The van der Waals surface area contributed by atoms with Gasteiger partial charge in [0.15, 0.2) is 0 Å². The Labute approximate surface area is 299 Å². The maximum Gasteiger partial charge on any atom is 0.327 e. The summed E-state index contributed by atoms with van der Waals surface area (Å²) >= 11 is 7.82. The van der Waals surface area contributed by atoms with Gasteiger partial charge in [-0.1, -0.05) is 34.1 Å². The Kier molecular flexibility index (Phi) is 20.7. The summed E-state index contributed by atoms with van der Waals surface area (Å²) in [6, 6.07) is -10.3. The van der Waals surface area contributed by atoms with Crippen molar-refractivity contribution >= 4 is 78.5 Å². The Morgan fingerprint density at radius 1 is 0.600 bits per heavy atom. The van der Waals surface area contributed by atoms with Crippen molar-refractivity contribution in [2.45, 2.75) is 89.3 Å². The molecule has 14 N–H and O–H groups in total. The van der Waals surface area contributed by atoms with E-state index in [1.807, 2.05) is 0 Å². The van der Waals surface area contributed by atoms with Crippen molar-refractivity contribution in [3.8, 4) is 0 Å². The molecule has 0 rings (SSSR count). The second kappa shape index (κ2) is 22.5. The van der Waals surface area contributed by atoms with E-state index in [4.69, 9.17) is 17.2 Å². The number of carbonyl (C=O) groups is 9. The SMILES string of the molecule is CC[C@H](C)[C@H](NC(=O)[C@@H](N)CS)C(=O)N[C@@H](CC(N)=O)C(=O)N[C@@H](CC(N)=O)C(=O)N[C@@H](CO)C(=O)N[C@H](C(=O)N[C@@H](CS)C(=O)O)C(C)C. The monoisotopic (exact) mass is 751 g/mol. The van der Waals surface area contributed by atoms with Crippen molar-refractivity contribution in [1.82, 2.24) is 31.9 Å². The molecular weight excluding hydrogens is 702 g/mol. The fourth-order valence-electron chi connectivity index (χ4n) is 4.10. The van der Waals surface area contributed by atoms with Crippen LogP contribution < -0.4 is 49.1 Å². The van der Waals surface area contributed by atoms with Crippen LogP contribution >= 0.6 is 25.3 Å². The average Bonchev–Trinajstić information content (AvgIpc) is 3.04. The van der Waals surface area contributed by atoms with Crippen molar-refractivity contribution in [3.05, 3.63) is 0 Å². The lowest BCUT2D eigenvalue weighted by atomic mass is 9.97. The van der Waals surface area contributed by atoms with Gasteiger partial charge in [-0.05, 0) is 11.8 Å². The number of hydrogen-bond acceptors (Lipinski definition) is 13. The highest BCUT2D eigenvalue weighted by Gasteiger charge is 2.35. The van der Waals surface area contributed by atoms with E-state index in [9.17, 15) is 53.4 Å². The molecule has 0 saturated heterocycles. The predicted molar refractivity (Wildman–Crippen MR) is 184 cm³/mol. The molecular formula is C28H49N9O11S2. The van der Waals surface area contributed by atoms with Crippen LogP contribution in [0.15, 0.2) is 0 Å². The number of amides is 8. The maximum absolute atomic E-state index is 13.3. The van der Waals surface area contributed by atoms with Gasteiger partial charge in [-0.15, -0.1) is 0 Å². The molecule has 0 aromatic heterocycles. The van der Waals surface area contributed by atoms with Crippen LogP contribution in [0.25, 0.3) is 0 Å². The summed E-state index contributed by atoms with van der Waals surface area (Å²) in [6.07, 6.45) is -1.24. The molecule has 8 amide bonds. The minimum absolute atomic E-state index is 0.0350. The van der Waals surface area contributed by atoms with Crippen LogP contribution in [0.5, 0.6) is 0 Å². The number of thiol groups is 2. The van der Waals surface area contributed by atoms with Gasteiger partial charge in [-0.2, -0.15) is 25.3 Å². The first-order valence-corrected chi connectivity index (χ1v) is 16.7. The number of nitrogens with two attached hydrogens (primary N) is 3. The number of rotatable bonds is 23. The topological polar surface area (TPSA) is 344 Å². The van der Waals surface area contributed by atoms with Crippen LogP contribution in [0.4, 0.5) is 0 Å². The molecule has 20 nitrogen and oxygen atoms in total. The highest BCUT2D eigenvalue weighted by molar-refractivity contribution is 7.80. The van der Waals surface area contributed by atoms with E-state index in [0.717, 1.165) is 0 Å². The number of nitrogens with one attached hydrogen (secondary N) is 6. The molecule has 8 atom stereocenters. The fraction of sp³-hybridized carbons (Fsp3) is 0.679. The predicted octanol–water partition coefficient (Wildman–Crippen LogP) is -5.39. The van der Waals surface area contributed by atoms with Crippen LogP contribution in [0.3, 0.4) is 0 Å². The Morgan fingerprint density at radius 2 is 1.00 bits per heavy atom. The summed E-state index contributed by atoms with van der Waals surface area (Å²) in [4.78, 5) is 113. The number of hydrogen-bond donors (Lipinski definition) is 13. The van der Waals surface area contributed by atoms with Gasteiger partial charge in [0.05, 0.1) is 25.5 Å². The lowest BCUT2D eigenvalue weighted by Gasteiger charge is -2.28. The van der Waals surface area contributed by atoms with Crippen LogP contribution in [0.2, 0.25) is 0 Å². The Balaban J connectivity index is 6.08. The lowest BCUT2D eigenvalue weighted by Crippen LogP contribution is -2.62. The summed E-state index contributed by atoms with van der Waals surface area (Å²) < 4.78 is 0. The Hall–Kier alpha value is -4.15. The molecule has 0 heterocycles. The number of aliphatic hydroxyl groups excluding tert-OH is 1. The van der Waals surface area contributed by atoms with Gasteiger partial charge in [0.2, 0.25) is 47.3 Å². The van der Waals surface area contributed by atoms with E-state index >= 15 is 0 Å². The van der Waals surface area contributed by atoms with Crippen molar-refractivity contribution < 1.29 is 53.4 Å². The lowest BCUT2D eigenvalue weighted by molar-refractivity contribution is -0.142. The van der Waals surface area contributed by atoms with Crippen LogP contribution in [-0.2, 0) is 43.2 Å². The van der Waals surface area contributed by atoms with Crippen molar-refractivity contribution in [1.29, 1.82) is 0 Å². The van der Waals surface area contributed by atoms with E-state index in [0.29, 0.717) is 6.42 Å². The highest BCUT2D eigenvalue weighted by atomic mass is 32.1.